The van der Waals surface area contributed by atoms with Gasteiger partial charge in [-0.25, -0.2) is 0 Å². The van der Waals surface area contributed by atoms with E-state index in [0.717, 1.165) is 11.3 Å². The predicted molar refractivity (Wildman–Crippen MR) is 111 cm³/mol. The molecule has 0 spiro atoms. The lowest BCUT2D eigenvalue weighted by Crippen LogP contribution is -2.52. The zero-order valence-corrected chi connectivity index (χ0v) is 16.6. The molecule has 2 aliphatic heterocycles. The topological polar surface area (TPSA) is 60.9 Å². The third kappa shape index (κ3) is 4.01. The quantitative estimate of drug-likeness (QED) is 0.807. The molecule has 6 heteroatoms. The van der Waals surface area contributed by atoms with Gasteiger partial charge in [0.2, 0.25) is 11.8 Å². The van der Waals surface area contributed by atoms with Crippen LogP contribution >= 0.6 is 0 Å². The van der Waals surface area contributed by atoms with Gasteiger partial charge in [-0.3, -0.25) is 14.4 Å². The number of carbonyl (C=O) groups is 3. The lowest BCUT2D eigenvalue weighted by Gasteiger charge is -2.36. The normalized spacial score (nSPS) is 19.6. The molecule has 6 nitrogen and oxygen atoms in total. The third-order valence-electron chi connectivity index (χ3n) is 5.72. The molecule has 0 unspecified atom stereocenters. The lowest BCUT2D eigenvalue weighted by atomic mass is 10.1. The van der Waals surface area contributed by atoms with Crippen LogP contribution in [0.5, 0.6) is 0 Å². The van der Waals surface area contributed by atoms with Gasteiger partial charge in [0.05, 0.1) is 5.92 Å². The molecule has 150 valence electrons. The number of piperazine rings is 1. The molecule has 2 fully saturated rings. The molecular weight excluding hydrogens is 366 g/mol. The summed E-state index contributed by atoms with van der Waals surface area (Å²) in [7, 11) is 0. The molecule has 0 radical (unpaired) electrons. The van der Waals surface area contributed by atoms with Crippen molar-refractivity contribution in [2.45, 2.75) is 13.3 Å². The molecule has 2 heterocycles. The first-order chi connectivity index (χ1) is 14.0. The summed E-state index contributed by atoms with van der Waals surface area (Å²) in [6, 6.07) is 17.0. The Morgan fingerprint density at radius 3 is 2.14 bits per heavy atom. The summed E-state index contributed by atoms with van der Waals surface area (Å²) in [5, 5.41) is 0. The first kappa shape index (κ1) is 19.2. The minimum atomic E-state index is -0.319. The monoisotopic (exact) mass is 391 g/mol. The van der Waals surface area contributed by atoms with Crippen molar-refractivity contribution in [3.8, 4) is 0 Å². The van der Waals surface area contributed by atoms with Crippen LogP contribution in [0, 0.1) is 12.8 Å². The van der Waals surface area contributed by atoms with Crippen LogP contribution in [0.4, 0.5) is 5.69 Å². The third-order valence-corrected chi connectivity index (χ3v) is 5.72. The fourth-order valence-corrected chi connectivity index (χ4v) is 4.00. The average Bonchev–Trinajstić information content (AvgIpc) is 3.15. The zero-order valence-electron chi connectivity index (χ0n) is 16.6. The second-order valence-corrected chi connectivity index (χ2v) is 7.72. The number of hydrogen-bond donors (Lipinski definition) is 0. The first-order valence-electron chi connectivity index (χ1n) is 10.0. The SMILES string of the molecule is Cc1ccc(N2C[C@H](C(=O)N3CCN(C(=O)c4ccccc4)CC3)CC2=O)cc1. The van der Waals surface area contributed by atoms with Gasteiger partial charge in [0.15, 0.2) is 0 Å². The van der Waals surface area contributed by atoms with Crippen molar-refractivity contribution in [2.75, 3.05) is 37.6 Å². The van der Waals surface area contributed by atoms with Gasteiger partial charge >= 0.3 is 0 Å². The van der Waals surface area contributed by atoms with Crippen LogP contribution in [0.1, 0.15) is 22.3 Å². The van der Waals surface area contributed by atoms with Gasteiger partial charge in [-0.05, 0) is 31.2 Å². The number of hydrogen-bond acceptors (Lipinski definition) is 3. The Labute approximate surface area is 170 Å². The van der Waals surface area contributed by atoms with Crippen LogP contribution in [0.2, 0.25) is 0 Å². The molecule has 2 aromatic carbocycles. The number of benzene rings is 2. The Morgan fingerprint density at radius 1 is 0.862 bits per heavy atom. The maximum absolute atomic E-state index is 13.0. The number of nitrogens with zero attached hydrogens (tertiary/aromatic N) is 3. The Hall–Kier alpha value is -3.15. The van der Waals surface area contributed by atoms with Crippen molar-refractivity contribution in [2.24, 2.45) is 5.92 Å². The van der Waals surface area contributed by atoms with E-state index in [1.54, 1.807) is 14.7 Å². The van der Waals surface area contributed by atoms with E-state index in [1.807, 2.05) is 61.5 Å². The summed E-state index contributed by atoms with van der Waals surface area (Å²) >= 11 is 0. The minimum Gasteiger partial charge on any atom is -0.339 e. The van der Waals surface area contributed by atoms with E-state index in [2.05, 4.69) is 0 Å². The van der Waals surface area contributed by atoms with E-state index in [-0.39, 0.29) is 30.1 Å². The van der Waals surface area contributed by atoms with E-state index in [1.165, 1.54) is 0 Å². The molecule has 0 N–H and O–H groups in total. The van der Waals surface area contributed by atoms with E-state index < -0.39 is 0 Å². The van der Waals surface area contributed by atoms with E-state index >= 15 is 0 Å². The Bertz CT molecular complexity index is 903. The highest BCUT2D eigenvalue weighted by atomic mass is 16.2. The fourth-order valence-electron chi connectivity index (χ4n) is 4.00. The number of carbonyl (C=O) groups excluding carboxylic acids is 3. The summed E-state index contributed by atoms with van der Waals surface area (Å²) in [4.78, 5) is 43.3. The van der Waals surface area contributed by atoms with Crippen molar-refractivity contribution in [3.63, 3.8) is 0 Å². The maximum Gasteiger partial charge on any atom is 0.253 e. The summed E-state index contributed by atoms with van der Waals surface area (Å²) in [5.41, 5.74) is 2.65. The van der Waals surface area contributed by atoms with Crippen LogP contribution < -0.4 is 4.90 Å². The fraction of sp³-hybridized carbons (Fsp3) is 0.348. The smallest absolute Gasteiger partial charge is 0.253 e. The summed E-state index contributed by atoms with van der Waals surface area (Å²) in [6.45, 7) is 4.47. The van der Waals surface area contributed by atoms with Crippen molar-refractivity contribution in [1.29, 1.82) is 0 Å². The van der Waals surface area contributed by atoms with Gasteiger partial charge in [0.1, 0.15) is 0 Å². The number of rotatable bonds is 3. The molecule has 4 rings (SSSR count). The van der Waals surface area contributed by atoms with Gasteiger partial charge in [-0.1, -0.05) is 35.9 Å². The highest BCUT2D eigenvalue weighted by molar-refractivity contribution is 6.00. The van der Waals surface area contributed by atoms with Crippen molar-refractivity contribution in [3.05, 3.63) is 65.7 Å². The first-order valence-corrected chi connectivity index (χ1v) is 10.0. The molecule has 2 aliphatic rings. The van der Waals surface area contributed by atoms with Crippen LogP contribution in [0.25, 0.3) is 0 Å². The number of anilines is 1. The molecule has 0 aliphatic carbocycles. The Morgan fingerprint density at radius 2 is 1.48 bits per heavy atom. The van der Waals surface area contributed by atoms with Gasteiger partial charge in [-0.2, -0.15) is 0 Å². The molecule has 29 heavy (non-hydrogen) atoms. The molecule has 0 bridgehead atoms. The summed E-state index contributed by atoms with van der Waals surface area (Å²) < 4.78 is 0. The number of amides is 3. The minimum absolute atomic E-state index is 0.000658. The van der Waals surface area contributed by atoms with Gasteiger partial charge in [-0.15, -0.1) is 0 Å². The van der Waals surface area contributed by atoms with Gasteiger partial charge < -0.3 is 14.7 Å². The molecular formula is C23H25N3O3. The van der Waals surface area contributed by atoms with Gasteiger partial charge in [0, 0.05) is 50.4 Å². The second kappa shape index (κ2) is 8.07. The number of aryl methyl sites for hydroxylation is 1. The standard InChI is InChI=1S/C23H25N3O3/c1-17-7-9-20(10-8-17)26-16-19(15-21(26)27)23(29)25-13-11-24(12-14-25)22(28)18-5-3-2-4-6-18/h2-10,19H,11-16H2,1H3/t19-/m1/s1. The lowest BCUT2D eigenvalue weighted by molar-refractivity contribution is -0.137. The van der Waals surface area contributed by atoms with Gasteiger partial charge in [0.25, 0.3) is 5.91 Å². The molecule has 3 amide bonds. The summed E-state index contributed by atoms with van der Waals surface area (Å²) in [6.07, 6.45) is 0.246. The average molecular weight is 391 g/mol. The van der Waals surface area contributed by atoms with Crippen molar-refractivity contribution < 1.29 is 14.4 Å². The zero-order chi connectivity index (χ0) is 20.4. The second-order valence-electron chi connectivity index (χ2n) is 7.72. The van der Waals surface area contributed by atoms with E-state index in [0.29, 0.717) is 38.3 Å². The Balaban J connectivity index is 1.34. The van der Waals surface area contributed by atoms with Crippen LogP contribution in [-0.4, -0.2) is 60.2 Å². The molecule has 0 saturated carbocycles. The molecule has 2 aromatic rings. The van der Waals surface area contributed by atoms with E-state index in [9.17, 15) is 14.4 Å². The van der Waals surface area contributed by atoms with Crippen LogP contribution in [-0.2, 0) is 9.59 Å². The van der Waals surface area contributed by atoms with E-state index in [4.69, 9.17) is 0 Å². The van der Waals surface area contributed by atoms with Crippen molar-refractivity contribution in [1.82, 2.24) is 9.80 Å². The summed E-state index contributed by atoms with van der Waals surface area (Å²) in [5.74, 6) is -0.315. The molecule has 2 saturated heterocycles. The predicted octanol–water partition coefficient (Wildman–Crippen LogP) is 2.33. The highest BCUT2D eigenvalue weighted by Crippen LogP contribution is 2.27. The van der Waals surface area contributed by atoms with Crippen molar-refractivity contribution >= 4 is 23.4 Å². The molecule has 1 atom stereocenters. The largest absolute Gasteiger partial charge is 0.339 e. The Kier molecular flexibility index (Phi) is 5.34. The highest BCUT2D eigenvalue weighted by Gasteiger charge is 2.38. The van der Waals surface area contributed by atoms with Crippen LogP contribution in [0.3, 0.4) is 0 Å². The molecule has 0 aromatic heterocycles. The maximum atomic E-state index is 13.0. The van der Waals surface area contributed by atoms with Crippen LogP contribution in [0.15, 0.2) is 54.6 Å².